The van der Waals surface area contributed by atoms with Crippen LogP contribution < -0.4 is 5.32 Å². The number of halogens is 3. The summed E-state index contributed by atoms with van der Waals surface area (Å²) in [5.41, 5.74) is 0. The van der Waals surface area contributed by atoms with Gasteiger partial charge in [0.25, 0.3) is 0 Å². The van der Waals surface area contributed by atoms with E-state index in [0.29, 0.717) is 19.4 Å². The maximum absolute atomic E-state index is 12.9. The molecule has 1 aliphatic carbocycles. The van der Waals surface area contributed by atoms with Crippen LogP contribution >= 0.6 is 0 Å². The fourth-order valence-corrected chi connectivity index (χ4v) is 3.62. The molecular weight excluding hydrogens is 309 g/mol. The van der Waals surface area contributed by atoms with Crippen molar-refractivity contribution in [1.29, 1.82) is 0 Å². The number of nitrogens with zero attached hydrogens (tertiary/aromatic N) is 3. The summed E-state index contributed by atoms with van der Waals surface area (Å²) in [7, 11) is 0. The Morgan fingerprint density at radius 2 is 2.04 bits per heavy atom. The fourth-order valence-electron chi connectivity index (χ4n) is 3.62. The van der Waals surface area contributed by atoms with Gasteiger partial charge in [-0.25, -0.2) is 0 Å². The van der Waals surface area contributed by atoms with Crippen molar-refractivity contribution in [3.05, 3.63) is 11.6 Å². The normalized spacial score (nSPS) is 28.3. The van der Waals surface area contributed by atoms with Crippen LogP contribution in [-0.4, -0.2) is 32.9 Å². The van der Waals surface area contributed by atoms with Crippen LogP contribution in [0.3, 0.4) is 0 Å². The highest BCUT2D eigenvalue weighted by Gasteiger charge is 2.43. The second-order valence-electron chi connectivity index (χ2n) is 6.62. The number of nitrogens with one attached hydrogen (secondary N) is 1. The molecule has 1 fully saturated rings. The third-order valence-corrected chi connectivity index (χ3v) is 4.99. The van der Waals surface area contributed by atoms with Crippen LogP contribution in [0.25, 0.3) is 0 Å². The molecule has 0 saturated heterocycles. The van der Waals surface area contributed by atoms with Crippen LogP contribution in [0.1, 0.15) is 43.8 Å². The smallest absolute Gasteiger partial charge is 0.351 e. The average Bonchev–Trinajstić information content (AvgIpc) is 2.88. The quantitative estimate of drug-likeness (QED) is 0.906. The molecule has 2 aliphatic rings. The maximum atomic E-state index is 12.9. The molecule has 0 radical (unpaired) electrons. The fraction of sp³-hybridized carbons (Fsp3) is 0.800. The summed E-state index contributed by atoms with van der Waals surface area (Å²) in [5.74, 6) is -0.404. The molecule has 3 atom stereocenters. The Labute approximate surface area is 132 Å². The van der Waals surface area contributed by atoms with Crippen molar-refractivity contribution >= 4 is 5.91 Å². The number of alkyl halides is 3. The number of carbonyl (C=O) groups is 1. The number of fused-ring (bicyclic) bond motifs is 1. The van der Waals surface area contributed by atoms with Gasteiger partial charge in [-0.05, 0) is 32.6 Å². The Balaban J connectivity index is 1.58. The third kappa shape index (κ3) is 3.50. The van der Waals surface area contributed by atoms with E-state index < -0.39 is 18.0 Å². The average molecular weight is 330 g/mol. The van der Waals surface area contributed by atoms with Crippen molar-refractivity contribution < 1.29 is 18.0 Å². The van der Waals surface area contributed by atoms with E-state index in [2.05, 4.69) is 15.5 Å². The minimum atomic E-state index is -4.20. The van der Waals surface area contributed by atoms with E-state index >= 15 is 0 Å². The van der Waals surface area contributed by atoms with Crippen LogP contribution in [0.4, 0.5) is 13.2 Å². The van der Waals surface area contributed by atoms with Crippen molar-refractivity contribution in [2.24, 2.45) is 11.8 Å². The van der Waals surface area contributed by atoms with Crippen LogP contribution in [0.15, 0.2) is 0 Å². The number of amides is 1. The summed E-state index contributed by atoms with van der Waals surface area (Å²) < 4.78 is 40.6. The van der Waals surface area contributed by atoms with Gasteiger partial charge >= 0.3 is 6.18 Å². The lowest BCUT2D eigenvalue weighted by molar-refractivity contribution is -0.186. The first-order valence-corrected chi connectivity index (χ1v) is 8.10. The second kappa shape index (κ2) is 6.13. The van der Waals surface area contributed by atoms with Gasteiger partial charge in [-0.2, -0.15) is 13.2 Å². The number of aryl methyl sites for hydroxylation is 2. The van der Waals surface area contributed by atoms with Gasteiger partial charge in [0, 0.05) is 24.9 Å². The molecule has 5 nitrogen and oxygen atoms in total. The molecule has 3 rings (SSSR count). The van der Waals surface area contributed by atoms with Gasteiger partial charge in [0.1, 0.15) is 11.6 Å². The first kappa shape index (κ1) is 16.3. The Hall–Kier alpha value is -1.60. The third-order valence-electron chi connectivity index (χ3n) is 4.99. The van der Waals surface area contributed by atoms with Gasteiger partial charge in [0.15, 0.2) is 0 Å². The van der Waals surface area contributed by atoms with E-state index in [1.807, 2.05) is 11.5 Å². The molecule has 1 aliphatic heterocycles. The number of hydrogen-bond acceptors (Lipinski definition) is 3. The SMILES string of the molecule is Cc1nnc2n1C[C@H](NC(=O)[C@H]1CCC[C@H](C(F)(F)F)C1)CC2. The summed E-state index contributed by atoms with van der Waals surface area (Å²) in [6.07, 6.45) is -1.66. The predicted octanol–water partition coefficient (Wildman–Crippen LogP) is 2.39. The lowest BCUT2D eigenvalue weighted by Crippen LogP contribution is -2.45. The first-order chi connectivity index (χ1) is 10.8. The molecule has 23 heavy (non-hydrogen) atoms. The highest BCUT2D eigenvalue weighted by Crippen LogP contribution is 2.40. The van der Waals surface area contributed by atoms with Crippen molar-refractivity contribution in [1.82, 2.24) is 20.1 Å². The second-order valence-corrected chi connectivity index (χ2v) is 6.62. The molecule has 0 bridgehead atoms. The summed E-state index contributed by atoms with van der Waals surface area (Å²) >= 11 is 0. The Morgan fingerprint density at radius 3 is 2.78 bits per heavy atom. The lowest BCUT2D eigenvalue weighted by atomic mass is 9.80. The molecule has 1 aromatic rings. The van der Waals surface area contributed by atoms with E-state index in [4.69, 9.17) is 0 Å². The minimum Gasteiger partial charge on any atom is -0.351 e. The van der Waals surface area contributed by atoms with Crippen LogP contribution in [0.5, 0.6) is 0 Å². The number of rotatable bonds is 2. The van der Waals surface area contributed by atoms with Gasteiger partial charge in [-0.1, -0.05) is 6.42 Å². The number of carbonyl (C=O) groups excluding carboxylic acids is 1. The molecule has 8 heteroatoms. The zero-order valence-corrected chi connectivity index (χ0v) is 13.1. The molecule has 1 aromatic heterocycles. The summed E-state index contributed by atoms with van der Waals surface area (Å²) in [6, 6.07) is -0.0593. The van der Waals surface area contributed by atoms with Crippen LogP contribution in [0, 0.1) is 18.8 Å². The first-order valence-electron chi connectivity index (χ1n) is 8.10. The Kier molecular flexibility index (Phi) is 4.33. The van der Waals surface area contributed by atoms with Crippen molar-refractivity contribution in [2.75, 3.05) is 0 Å². The molecule has 1 saturated carbocycles. The van der Waals surface area contributed by atoms with Gasteiger partial charge in [0.2, 0.25) is 5.91 Å². The minimum absolute atomic E-state index is 0.0593. The Bertz CT molecular complexity index is 584. The summed E-state index contributed by atoms with van der Waals surface area (Å²) in [5, 5.41) is 11.0. The van der Waals surface area contributed by atoms with Crippen LogP contribution in [-0.2, 0) is 17.8 Å². The van der Waals surface area contributed by atoms with E-state index in [-0.39, 0.29) is 24.8 Å². The molecule has 1 N–H and O–H groups in total. The highest BCUT2D eigenvalue weighted by molar-refractivity contribution is 5.79. The van der Waals surface area contributed by atoms with Crippen molar-refractivity contribution in [3.8, 4) is 0 Å². The molecular formula is C15H21F3N4O. The monoisotopic (exact) mass is 330 g/mol. The van der Waals surface area contributed by atoms with Gasteiger partial charge in [-0.15, -0.1) is 10.2 Å². The number of hydrogen-bond donors (Lipinski definition) is 1. The zero-order valence-electron chi connectivity index (χ0n) is 13.1. The molecule has 0 unspecified atom stereocenters. The maximum Gasteiger partial charge on any atom is 0.391 e. The van der Waals surface area contributed by atoms with Crippen molar-refractivity contribution in [2.45, 2.75) is 64.2 Å². The number of aromatic nitrogens is 3. The standard InChI is InChI=1S/C15H21F3N4O/c1-9-20-21-13-6-5-12(8-22(9)13)19-14(23)10-3-2-4-11(7-10)15(16,17)18/h10-12H,2-8H2,1H3,(H,19,23)/t10-,11-,12+/m0/s1. The summed E-state index contributed by atoms with van der Waals surface area (Å²) in [4.78, 5) is 12.4. The van der Waals surface area contributed by atoms with E-state index in [9.17, 15) is 18.0 Å². The topological polar surface area (TPSA) is 59.8 Å². The molecule has 128 valence electrons. The largest absolute Gasteiger partial charge is 0.391 e. The molecule has 2 heterocycles. The Morgan fingerprint density at radius 1 is 1.26 bits per heavy atom. The van der Waals surface area contributed by atoms with Crippen molar-refractivity contribution in [3.63, 3.8) is 0 Å². The summed E-state index contributed by atoms with van der Waals surface area (Å²) in [6.45, 7) is 2.45. The van der Waals surface area contributed by atoms with Gasteiger partial charge in [0.05, 0.1) is 5.92 Å². The molecule has 0 spiro atoms. The predicted molar refractivity (Wildman–Crippen MR) is 76.5 cm³/mol. The van der Waals surface area contributed by atoms with E-state index in [1.54, 1.807) is 0 Å². The van der Waals surface area contributed by atoms with E-state index in [0.717, 1.165) is 24.5 Å². The molecule has 1 amide bonds. The molecule has 0 aromatic carbocycles. The van der Waals surface area contributed by atoms with Gasteiger partial charge < -0.3 is 9.88 Å². The zero-order chi connectivity index (χ0) is 16.6. The lowest BCUT2D eigenvalue weighted by Gasteiger charge is -2.32. The highest BCUT2D eigenvalue weighted by atomic mass is 19.4. The van der Waals surface area contributed by atoms with Gasteiger partial charge in [-0.3, -0.25) is 4.79 Å². The van der Waals surface area contributed by atoms with E-state index in [1.165, 1.54) is 0 Å². The van der Waals surface area contributed by atoms with Crippen LogP contribution in [0.2, 0.25) is 0 Å².